The molecule has 0 aliphatic carbocycles. The summed E-state index contributed by atoms with van der Waals surface area (Å²) in [6.07, 6.45) is 2.27. The average molecular weight is 333 g/mol. The number of hydrogen-bond acceptors (Lipinski definition) is 6. The van der Waals surface area contributed by atoms with Crippen molar-refractivity contribution >= 4 is 17.3 Å². The Hall–Kier alpha value is -3.41. The van der Waals surface area contributed by atoms with Gasteiger partial charge in [0, 0.05) is 5.56 Å². The van der Waals surface area contributed by atoms with Crippen LogP contribution in [0.1, 0.15) is 23.6 Å². The maximum atomic E-state index is 8.31. The van der Waals surface area contributed by atoms with E-state index in [0.29, 0.717) is 16.9 Å². The number of nitrogens with zero attached hydrogens (tertiary/aromatic N) is 2. The number of anilines is 2. The highest BCUT2D eigenvalue weighted by molar-refractivity contribution is 6.15. The van der Waals surface area contributed by atoms with Crippen LogP contribution in [0.3, 0.4) is 0 Å². The van der Waals surface area contributed by atoms with E-state index in [-0.39, 0.29) is 17.3 Å². The lowest BCUT2D eigenvalue weighted by molar-refractivity contribution is 0.482. The van der Waals surface area contributed by atoms with Crippen molar-refractivity contribution in [1.82, 2.24) is 9.97 Å². The number of benzene rings is 2. The smallest absolute Gasteiger partial charge is 0.138 e. The molecule has 0 aliphatic rings. The van der Waals surface area contributed by atoms with Gasteiger partial charge in [0.2, 0.25) is 0 Å². The third kappa shape index (κ3) is 3.58. The highest BCUT2D eigenvalue weighted by atomic mass is 16.5. The Balaban J connectivity index is 1.78. The lowest BCUT2D eigenvalue weighted by atomic mass is 10.0. The molecule has 0 saturated carbocycles. The topological polar surface area (TPSA) is 111 Å². The molecule has 0 unspecified atom stereocenters. The Morgan fingerprint density at radius 1 is 0.920 bits per heavy atom. The number of ether oxygens (including phenoxy) is 1. The molecule has 1 aromatic heterocycles. The molecule has 0 fully saturated rings. The zero-order valence-corrected chi connectivity index (χ0v) is 13.9. The van der Waals surface area contributed by atoms with Crippen LogP contribution in [-0.4, -0.2) is 15.7 Å². The number of nitrogens with one attached hydrogen (secondary N) is 1. The zero-order chi connectivity index (χ0) is 17.8. The van der Waals surface area contributed by atoms with Gasteiger partial charge in [-0.1, -0.05) is 19.1 Å². The van der Waals surface area contributed by atoms with E-state index in [1.807, 2.05) is 24.3 Å². The summed E-state index contributed by atoms with van der Waals surface area (Å²) in [6, 6.07) is 15.1. The minimum Gasteiger partial charge on any atom is -0.457 e. The lowest BCUT2D eigenvalue weighted by Crippen LogP contribution is -2.11. The molecule has 6 heteroatoms. The van der Waals surface area contributed by atoms with Gasteiger partial charge in [-0.3, -0.25) is 5.41 Å². The molecule has 0 aliphatic heterocycles. The highest BCUT2D eigenvalue weighted by Gasteiger charge is 2.14. The van der Waals surface area contributed by atoms with Crippen molar-refractivity contribution in [2.45, 2.75) is 13.3 Å². The monoisotopic (exact) mass is 333 g/mol. The van der Waals surface area contributed by atoms with Gasteiger partial charge in [0.15, 0.2) is 0 Å². The average Bonchev–Trinajstić information content (AvgIpc) is 2.63. The highest BCUT2D eigenvalue weighted by Crippen LogP contribution is 2.24. The van der Waals surface area contributed by atoms with Crippen LogP contribution in [0.25, 0.3) is 0 Å². The first-order chi connectivity index (χ1) is 12.1. The molecule has 5 N–H and O–H groups in total. The van der Waals surface area contributed by atoms with Crippen molar-refractivity contribution in [1.29, 1.82) is 5.41 Å². The summed E-state index contributed by atoms with van der Waals surface area (Å²) >= 11 is 0. The standard InChI is InChI=1S/C19H19N5O/c1-2-12-3-7-14(8-4-12)25-15-9-5-13(6-10-15)17(20)16-18(21)23-11-24-19(16)22/h3-11,20H,2H2,1H3,(H4,21,22,23,24). The van der Waals surface area contributed by atoms with Crippen LogP contribution in [0, 0.1) is 5.41 Å². The van der Waals surface area contributed by atoms with Gasteiger partial charge in [-0.05, 0) is 48.4 Å². The van der Waals surface area contributed by atoms with Gasteiger partial charge in [-0.25, -0.2) is 9.97 Å². The van der Waals surface area contributed by atoms with Crippen LogP contribution in [-0.2, 0) is 6.42 Å². The van der Waals surface area contributed by atoms with Crippen LogP contribution < -0.4 is 16.2 Å². The molecule has 0 atom stereocenters. The third-order valence-corrected chi connectivity index (χ3v) is 3.87. The molecule has 6 nitrogen and oxygen atoms in total. The number of rotatable bonds is 5. The Morgan fingerprint density at radius 2 is 1.44 bits per heavy atom. The van der Waals surface area contributed by atoms with E-state index in [4.69, 9.17) is 21.6 Å². The molecule has 0 amide bonds. The van der Waals surface area contributed by atoms with Crippen LogP contribution in [0.15, 0.2) is 54.9 Å². The largest absolute Gasteiger partial charge is 0.457 e. The second kappa shape index (κ2) is 7.00. The Kier molecular flexibility index (Phi) is 4.61. The first kappa shape index (κ1) is 16.4. The van der Waals surface area contributed by atoms with E-state index in [0.717, 1.165) is 12.2 Å². The van der Waals surface area contributed by atoms with Gasteiger partial charge in [0.25, 0.3) is 0 Å². The van der Waals surface area contributed by atoms with E-state index in [1.54, 1.807) is 24.3 Å². The predicted molar refractivity (Wildman–Crippen MR) is 99.1 cm³/mol. The molecule has 25 heavy (non-hydrogen) atoms. The lowest BCUT2D eigenvalue weighted by Gasteiger charge is -2.10. The Bertz CT molecular complexity index is 868. The number of aryl methyl sites for hydroxylation is 1. The Labute approximate surface area is 146 Å². The zero-order valence-electron chi connectivity index (χ0n) is 13.9. The van der Waals surface area contributed by atoms with Gasteiger partial charge in [-0.15, -0.1) is 0 Å². The van der Waals surface area contributed by atoms with Crippen molar-refractivity contribution in [2.24, 2.45) is 0 Å². The number of aromatic nitrogens is 2. The minimum atomic E-state index is 0.175. The first-order valence-electron chi connectivity index (χ1n) is 7.90. The summed E-state index contributed by atoms with van der Waals surface area (Å²) in [5.41, 5.74) is 14.1. The van der Waals surface area contributed by atoms with Crippen molar-refractivity contribution in [3.63, 3.8) is 0 Å². The fraction of sp³-hybridized carbons (Fsp3) is 0.105. The van der Waals surface area contributed by atoms with Gasteiger partial charge in [0.1, 0.15) is 29.5 Å². The summed E-state index contributed by atoms with van der Waals surface area (Å²) in [5, 5.41) is 8.31. The molecule has 126 valence electrons. The Morgan fingerprint density at radius 3 is 1.96 bits per heavy atom. The van der Waals surface area contributed by atoms with Gasteiger partial charge in [0.05, 0.1) is 11.3 Å². The van der Waals surface area contributed by atoms with Crippen molar-refractivity contribution < 1.29 is 4.74 Å². The molecule has 2 aromatic carbocycles. The maximum Gasteiger partial charge on any atom is 0.138 e. The summed E-state index contributed by atoms with van der Waals surface area (Å²) in [4.78, 5) is 7.79. The summed E-state index contributed by atoms with van der Waals surface area (Å²) in [6.45, 7) is 2.11. The van der Waals surface area contributed by atoms with Crippen molar-refractivity contribution in [3.05, 3.63) is 71.5 Å². The summed E-state index contributed by atoms with van der Waals surface area (Å²) in [5.74, 6) is 1.83. The molecular weight excluding hydrogens is 314 g/mol. The predicted octanol–water partition coefficient (Wildman–Crippen LogP) is 3.41. The van der Waals surface area contributed by atoms with Gasteiger partial charge < -0.3 is 16.2 Å². The quantitative estimate of drug-likeness (QED) is 0.620. The van der Waals surface area contributed by atoms with Crippen LogP contribution in [0.4, 0.5) is 11.6 Å². The molecule has 1 heterocycles. The summed E-state index contributed by atoms with van der Waals surface area (Å²) in [7, 11) is 0. The number of nitrogen functional groups attached to an aromatic ring is 2. The number of nitrogens with two attached hydrogens (primary N) is 2. The van der Waals surface area contributed by atoms with Crippen molar-refractivity contribution in [2.75, 3.05) is 11.5 Å². The van der Waals surface area contributed by atoms with E-state index in [2.05, 4.69) is 16.9 Å². The molecule has 0 radical (unpaired) electrons. The molecule has 0 spiro atoms. The molecule has 0 saturated heterocycles. The van der Waals surface area contributed by atoms with E-state index >= 15 is 0 Å². The maximum absolute atomic E-state index is 8.31. The third-order valence-electron chi connectivity index (χ3n) is 3.87. The fourth-order valence-electron chi connectivity index (χ4n) is 2.43. The molecule has 3 aromatic rings. The summed E-state index contributed by atoms with van der Waals surface area (Å²) < 4.78 is 5.82. The van der Waals surface area contributed by atoms with Gasteiger partial charge >= 0.3 is 0 Å². The second-order valence-corrected chi connectivity index (χ2v) is 5.52. The van der Waals surface area contributed by atoms with Crippen LogP contribution in [0.5, 0.6) is 11.5 Å². The van der Waals surface area contributed by atoms with Crippen LogP contribution >= 0.6 is 0 Å². The van der Waals surface area contributed by atoms with E-state index < -0.39 is 0 Å². The normalized spacial score (nSPS) is 10.4. The number of hydrogen-bond donors (Lipinski definition) is 3. The van der Waals surface area contributed by atoms with Crippen LogP contribution in [0.2, 0.25) is 0 Å². The SMILES string of the molecule is CCc1ccc(Oc2ccc(C(=N)c3c(N)ncnc3N)cc2)cc1. The fourth-order valence-corrected chi connectivity index (χ4v) is 2.43. The van der Waals surface area contributed by atoms with Gasteiger partial charge in [-0.2, -0.15) is 0 Å². The molecule has 3 rings (SSSR count). The first-order valence-corrected chi connectivity index (χ1v) is 7.90. The molecular formula is C19H19N5O. The second-order valence-electron chi connectivity index (χ2n) is 5.52. The molecule has 0 bridgehead atoms. The minimum absolute atomic E-state index is 0.175. The van der Waals surface area contributed by atoms with E-state index in [1.165, 1.54) is 11.9 Å². The van der Waals surface area contributed by atoms with Crippen molar-refractivity contribution in [3.8, 4) is 11.5 Å². The van der Waals surface area contributed by atoms with E-state index in [9.17, 15) is 0 Å².